The fraction of sp³-hybridized carbons (Fsp3) is 0.333. The molecule has 0 bridgehead atoms. The minimum Gasteiger partial charge on any atom is -0.376 e. The molecule has 0 saturated carbocycles. The van der Waals surface area contributed by atoms with Crippen molar-refractivity contribution in [3.63, 3.8) is 0 Å². The van der Waals surface area contributed by atoms with E-state index in [4.69, 9.17) is 11.6 Å². The summed E-state index contributed by atoms with van der Waals surface area (Å²) >= 11 is 8.10. The van der Waals surface area contributed by atoms with Crippen LogP contribution < -0.4 is 10.2 Å². The van der Waals surface area contributed by atoms with Crippen molar-refractivity contribution < 1.29 is 0 Å². The van der Waals surface area contributed by atoms with Gasteiger partial charge in [-0.3, -0.25) is 0 Å². The number of para-hydroxylation sites is 1. The van der Waals surface area contributed by atoms with E-state index in [2.05, 4.69) is 37.4 Å². The molecule has 2 nitrogen and oxygen atoms in total. The molecule has 0 saturated heterocycles. The van der Waals surface area contributed by atoms with Gasteiger partial charge in [0.15, 0.2) is 0 Å². The molecule has 1 aromatic heterocycles. The predicted octanol–water partition coefficient (Wildman–Crippen LogP) is 4.95. The Morgan fingerprint density at radius 1 is 1.21 bits per heavy atom. The van der Waals surface area contributed by atoms with Crippen molar-refractivity contribution in [1.29, 1.82) is 0 Å². The number of nitrogens with zero attached hydrogens (tertiary/aromatic N) is 1. The quantitative estimate of drug-likeness (QED) is 0.858. The average molecular weight is 295 g/mol. The molecule has 1 atom stereocenters. The maximum Gasteiger partial charge on any atom is 0.0786 e. The van der Waals surface area contributed by atoms with Gasteiger partial charge in [0.25, 0.3) is 0 Å². The minimum atomic E-state index is 0.274. The van der Waals surface area contributed by atoms with Crippen LogP contribution in [-0.4, -0.2) is 14.1 Å². The molecule has 0 aliphatic rings. The largest absolute Gasteiger partial charge is 0.376 e. The summed E-state index contributed by atoms with van der Waals surface area (Å²) in [5, 5.41) is 4.31. The minimum absolute atomic E-state index is 0.274. The van der Waals surface area contributed by atoms with Gasteiger partial charge in [0, 0.05) is 23.8 Å². The molecule has 0 aliphatic heterocycles. The lowest BCUT2D eigenvalue weighted by Crippen LogP contribution is -2.14. The van der Waals surface area contributed by atoms with Gasteiger partial charge < -0.3 is 10.2 Å². The Balaban J connectivity index is 2.26. The first-order valence-corrected chi connectivity index (χ1v) is 7.47. The summed E-state index contributed by atoms with van der Waals surface area (Å²) in [6, 6.07) is 10.6. The van der Waals surface area contributed by atoms with Crippen LogP contribution in [0, 0.1) is 6.92 Å². The summed E-state index contributed by atoms with van der Waals surface area (Å²) in [7, 11) is 4.01. The second kappa shape index (κ2) is 5.85. The Bertz CT molecular complexity index is 563. The topological polar surface area (TPSA) is 15.3 Å². The Morgan fingerprint density at radius 2 is 1.95 bits per heavy atom. The fourth-order valence-corrected chi connectivity index (χ4v) is 3.30. The second-order valence-corrected chi connectivity index (χ2v) is 6.57. The number of hydrogen-bond acceptors (Lipinski definition) is 3. The molecule has 1 unspecified atom stereocenters. The van der Waals surface area contributed by atoms with Crippen LogP contribution in [0.15, 0.2) is 30.3 Å². The van der Waals surface area contributed by atoms with Crippen LogP contribution in [0.3, 0.4) is 0 Å². The second-order valence-electron chi connectivity index (χ2n) is 4.84. The third-order valence-corrected chi connectivity index (χ3v) is 4.48. The summed E-state index contributed by atoms with van der Waals surface area (Å²) in [6.45, 7) is 4.30. The van der Waals surface area contributed by atoms with Gasteiger partial charge in [-0.25, -0.2) is 0 Å². The third kappa shape index (κ3) is 3.23. The first-order chi connectivity index (χ1) is 8.99. The van der Waals surface area contributed by atoms with Gasteiger partial charge in [-0.2, -0.15) is 0 Å². The molecular formula is C15H19ClN2S. The van der Waals surface area contributed by atoms with Crippen molar-refractivity contribution in [3.8, 4) is 0 Å². The molecule has 19 heavy (non-hydrogen) atoms. The molecule has 1 N–H and O–H groups in total. The molecule has 0 spiro atoms. The van der Waals surface area contributed by atoms with Crippen LogP contribution in [0.25, 0.3) is 0 Å². The average Bonchev–Trinajstić information content (AvgIpc) is 2.75. The summed E-state index contributed by atoms with van der Waals surface area (Å²) in [4.78, 5) is 4.71. The molecule has 1 aromatic carbocycles. The lowest BCUT2D eigenvalue weighted by Gasteiger charge is -2.22. The fourth-order valence-electron chi connectivity index (χ4n) is 2.08. The Hall–Kier alpha value is -1.19. The van der Waals surface area contributed by atoms with E-state index in [9.17, 15) is 0 Å². The van der Waals surface area contributed by atoms with E-state index in [0.717, 1.165) is 16.4 Å². The van der Waals surface area contributed by atoms with E-state index in [-0.39, 0.29) is 6.04 Å². The van der Waals surface area contributed by atoms with E-state index in [1.54, 1.807) is 0 Å². The zero-order valence-electron chi connectivity index (χ0n) is 11.7. The first-order valence-electron chi connectivity index (χ1n) is 6.27. The van der Waals surface area contributed by atoms with Gasteiger partial charge >= 0.3 is 0 Å². The molecule has 0 fully saturated rings. The molecule has 0 aliphatic carbocycles. The lowest BCUT2D eigenvalue weighted by molar-refractivity contribution is 0.905. The van der Waals surface area contributed by atoms with Crippen LogP contribution in [-0.2, 0) is 0 Å². The molecular weight excluding hydrogens is 276 g/mol. The first kappa shape index (κ1) is 14.2. The van der Waals surface area contributed by atoms with E-state index in [0.29, 0.717) is 0 Å². The number of benzene rings is 1. The summed E-state index contributed by atoms with van der Waals surface area (Å²) in [5.41, 5.74) is 2.10. The summed E-state index contributed by atoms with van der Waals surface area (Å²) in [5.74, 6) is 0. The zero-order valence-corrected chi connectivity index (χ0v) is 13.3. The van der Waals surface area contributed by atoms with Crippen molar-refractivity contribution in [2.45, 2.75) is 19.9 Å². The van der Waals surface area contributed by atoms with Crippen molar-refractivity contribution in [2.24, 2.45) is 0 Å². The Labute approximate surface area is 124 Å². The summed E-state index contributed by atoms with van der Waals surface area (Å²) < 4.78 is 0. The number of thiophene rings is 1. The van der Waals surface area contributed by atoms with Crippen LogP contribution in [0.2, 0.25) is 5.02 Å². The summed E-state index contributed by atoms with van der Waals surface area (Å²) in [6.07, 6.45) is 0. The number of aryl methyl sites for hydroxylation is 1. The van der Waals surface area contributed by atoms with Crippen LogP contribution in [0.5, 0.6) is 0 Å². The van der Waals surface area contributed by atoms with Crippen molar-refractivity contribution in [2.75, 3.05) is 24.3 Å². The highest BCUT2D eigenvalue weighted by molar-refractivity contribution is 7.12. The SMILES string of the molecule is Cc1ccc(C(C)Nc2cccc(Cl)c2N(C)C)s1. The van der Waals surface area contributed by atoms with Gasteiger partial charge in [0.2, 0.25) is 0 Å². The lowest BCUT2D eigenvalue weighted by atomic mass is 10.2. The predicted molar refractivity (Wildman–Crippen MR) is 86.9 cm³/mol. The molecule has 2 rings (SSSR count). The number of halogens is 1. The van der Waals surface area contributed by atoms with Gasteiger partial charge in [-0.1, -0.05) is 17.7 Å². The van der Waals surface area contributed by atoms with Gasteiger partial charge in [-0.05, 0) is 38.1 Å². The van der Waals surface area contributed by atoms with Gasteiger partial charge in [0.1, 0.15) is 0 Å². The Kier molecular flexibility index (Phi) is 4.38. The van der Waals surface area contributed by atoms with Crippen LogP contribution >= 0.6 is 22.9 Å². The van der Waals surface area contributed by atoms with E-state index in [1.165, 1.54) is 9.75 Å². The number of hydrogen-bond donors (Lipinski definition) is 1. The van der Waals surface area contributed by atoms with Crippen molar-refractivity contribution in [3.05, 3.63) is 45.1 Å². The highest BCUT2D eigenvalue weighted by atomic mass is 35.5. The monoisotopic (exact) mass is 294 g/mol. The third-order valence-electron chi connectivity index (χ3n) is 2.99. The van der Waals surface area contributed by atoms with Crippen LogP contribution in [0.1, 0.15) is 22.7 Å². The van der Waals surface area contributed by atoms with Gasteiger partial charge in [0.05, 0.1) is 22.4 Å². The van der Waals surface area contributed by atoms with Gasteiger partial charge in [-0.15, -0.1) is 11.3 Å². The number of nitrogens with one attached hydrogen (secondary N) is 1. The molecule has 1 heterocycles. The maximum absolute atomic E-state index is 6.28. The molecule has 102 valence electrons. The van der Waals surface area contributed by atoms with Crippen LogP contribution in [0.4, 0.5) is 11.4 Å². The maximum atomic E-state index is 6.28. The van der Waals surface area contributed by atoms with Crippen molar-refractivity contribution >= 4 is 34.3 Å². The number of rotatable bonds is 4. The van der Waals surface area contributed by atoms with E-state index >= 15 is 0 Å². The molecule has 0 radical (unpaired) electrons. The normalized spacial score (nSPS) is 12.3. The number of anilines is 2. The zero-order chi connectivity index (χ0) is 14.0. The Morgan fingerprint density at radius 3 is 2.53 bits per heavy atom. The molecule has 4 heteroatoms. The molecule has 2 aromatic rings. The van der Waals surface area contributed by atoms with E-state index in [1.807, 2.05) is 42.5 Å². The smallest absolute Gasteiger partial charge is 0.0786 e. The van der Waals surface area contributed by atoms with Crippen molar-refractivity contribution in [1.82, 2.24) is 0 Å². The molecule has 0 amide bonds. The highest BCUT2D eigenvalue weighted by Crippen LogP contribution is 2.35. The van der Waals surface area contributed by atoms with E-state index < -0.39 is 0 Å². The highest BCUT2D eigenvalue weighted by Gasteiger charge is 2.13. The standard InChI is InChI=1S/C15H19ClN2S/c1-10-8-9-14(19-10)11(2)17-13-7-5-6-12(16)15(13)18(3)4/h5-9,11,17H,1-4H3.